The van der Waals surface area contributed by atoms with Gasteiger partial charge in [-0.15, -0.1) is 0 Å². The molecule has 12 nitrogen and oxygen atoms in total. The Labute approximate surface area is 134 Å². The highest BCUT2D eigenvalue weighted by atomic mass is 32.2. The Morgan fingerprint density at radius 1 is 1.46 bits per heavy atom. The Morgan fingerprint density at radius 3 is 2.58 bits per heavy atom. The summed E-state index contributed by atoms with van der Waals surface area (Å²) in [7, 11) is -4.34. The third-order valence-electron chi connectivity index (χ3n) is 4.01. The summed E-state index contributed by atoms with van der Waals surface area (Å²) in [5.74, 6) is -0.323. The summed E-state index contributed by atoms with van der Waals surface area (Å²) in [4.78, 5) is 21.6. The predicted octanol–water partition coefficient (Wildman–Crippen LogP) is -3.18. The molecular formula is C11H15N5O7S. The van der Waals surface area contributed by atoms with Gasteiger partial charge in [-0.2, -0.15) is 4.98 Å². The molecule has 0 saturated carbocycles. The SMILES string of the molecule is C[C@@]1(O)[C@@H](O)[C@H](O)O[C@@]1(n1cnc2c(=O)[nH]c(N)nc21)S(C)(=O)=O. The van der Waals surface area contributed by atoms with Crippen LogP contribution < -0.4 is 11.3 Å². The van der Waals surface area contributed by atoms with Gasteiger partial charge in [0.15, 0.2) is 23.1 Å². The number of anilines is 1. The normalized spacial score (nSPS) is 34.0. The summed E-state index contributed by atoms with van der Waals surface area (Å²) in [6.07, 6.45) is -2.34. The molecule has 2 aromatic heterocycles. The average Bonchev–Trinajstić information content (AvgIpc) is 2.92. The van der Waals surface area contributed by atoms with Gasteiger partial charge in [-0.3, -0.25) is 14.3 Å². The van der Waals surface area contributed by atoms with Gasteiger partial charge in [-0.05, 0) is 6.92 Å². The van der Waals surface area contributed by atoms with Gasteiger partial charge in [0.2, 0.25) is 15.8 Å². The second-order valence-corrected chi connectivity index (χ2v) is 7.79. The predicted molar refractivity (Wildman–Crippen MR) is 79.1 cm³/mol. The van der Waals surface area contributed by atoms with Gasteiger partial charge in [0.1, 0.15) is 12.4 Å². The first-order valence-electron chi connectivity index (χ1n) is 6.62. The zero-order valence-corrected chi connectivity index (χ0v) is 13.4. The minimum absolute atomic E-state index is 0.262. The third kappa shape index (κ3) is 1.86. The van der Waals surface area contributed by atoms with E-state index in [0.717, 1.165) is 24.1 Å². The zero-order valence-electron chi connectivity index (χ0n) is 12.5. The lowest BCUT2D eigenvalue weighted by Crippen LogP contribution is -2.59. The van der Waals surface area contributed by atoms with E-state index in [9.17, 15) is 28.5 Å². The van der Waals surface area contributed by atoms with Crippen LogP contribution in [-0.4, -0.2) is 67.5 Å². The number of aromatic nitrogens is 4. The first-order valence-corrected chi connectivity index (χ1v) is 8.52. The summed E-state index contributed by atoms with van der Waals surface area (Å²) in [6, 6.07) is 0. The lowest BCUT2D eigenvalue weighted by molar-refractivity contribution is -0.163. The molecule has 0 aliphatic carbocycles. The van der Waals surface area contributed by atoms with Gasteiger partial charge in [0.05, 0.1) is 0 Å². The van der Waals surface area contributed by atoms with E-state index in [2.05, 4.69) is 15.0 Å². The summed E-state index contributed by atoms with van der Waals surface area (Å²) in [5, 5.41) is 27.7. The highest BCUT2D eigenvalue weighted by molar-refractivity contribution is 7.91. The van der Waals surface area contributed by atoms with Crippen molar-refractivity contribution in [1.82, 2.24) is 19.5 Å². The molecule has 0 bridgehead atoms. The van der Waals surface area contributed by atoms with Gasteiger partial charge < -0.3 is 25.8 Å². The number of aliphatic hydroxyl groups excluding tert-OH is 2. The van der Waals surface area contributed by atoms with Crippen molar-refractivity contribution in [3.05, 3.63) is 16.7 Å². The molecule has 0 radical (unpaired) electrons. The molecule has 132 valence electrons. The van der Waals surface area contributed by atoms with Crippen molar-refractivity contribution in [2.45, 2.75) is 30.0 Å². The minimum atomic E-state index is -4.34. The number of nitrogens with two attached hydrogens (primary N) is 1. The van der Waals surface area contributed by atoms with E-state index in [-0.39, 0.29) is 17.1 Å². The Morgan fingerprint density at radius 2 is 2.08 bits per heavy atom. The highest BCUT2D eigenvalue weighted by Crippen LogP contribution is 2.47. The maximum atomic E-state index is 12.5. The summed E-state index contributed by atoms with van der Waals surface area (Å²) in [5.41, 5.74) is 1.67. The molecule has 0 unspecified atom stereocenters. The summed E-state index contributed by atoms with van der Waals surface area (Å²) >= 11 is 0. The van der Waals surface area contributed by atoms with Gasteiger partial charge in [0.25, 0.3) is 10.6 Å². The highest BCUT2D eigenvalue weighted by Gasteiger charge is 2.70. The van der Waals surface area contributed by atoms with Crippen LogP contribution in [0.4, 0.5) is 5.95 Å². The van der Waals surface area contributed by atoms with E-state index in [1.54, 1.807) is 0 Å². The number of aliphatic hydroxyl groups is 3. The van der Waals surface area contributed by atoms with Crippen LogP contribution in [0.15, 0.2) is 11.1 Å². The molecule has 4 atom stereocenters. The van der Waals surface area contributed by atoms with Crippen LogP contribution in [0, 0.1) is 0 Å². The number of hydrogen-bond donors (Lipinski definition) is 5. The molecule has 24 heavy (non-hydrogen) atoms. The molecule has 1 fully saturated rings. The average molecular weight is 361 g/mol. The number of H-pyrrole nitrogens is 1. The molecule has 6 N–H and O–H groups in total. The Hall–Kier alpha value is -2.06. The maximum absolute atomic E-state index is 12.5. The number of aromatic amines is 1. The molecule has 3 heterocycles. The van der Waals surface area contributed by atoms with Crippen molar-refractivity contribution in [2.24, 2.45) is 0 Å². The fourth-order valence-corrected chi connectivity index (χ4v) is 4.53. The fourth-order valence-electron chi connectivity index (χ4n) is 2.90. The van der Waals surface area contributed by atoms with Crippen molar-refractivity contribution in [2.75, 3.05) is 12.0 Å². The number of hydrogen-bond acceptors (Lipinski definition) is 10. The van der Waals surface area contributed by atoms with Gasteiger partial charge >= 0.3 is 0 Å². The number of imidazole rings is 1. The number of rotatable bonds is 2. The first kappa shape index (κ1) is 16.8. The van der Waals surface area contributed by atoms with Gasteiger partial charge in [-0.1, -0.05) is 0 Å². The number of nitrogens with zero attached hydrogens (tertiary/aromatic N) is 3. The van der Waals surface area contributed by atoms with Crippen molar-refractivity contribution in [3.63, 3.8) is 0 Å². The Balaban J connectivity index is 2.46. The molecule has 1 saturated heterocycles. The van der Waals surface area contributed by atoms with E-state index < -0.39 is 38.4 Å². The number of nitrogens with one attached hydrogen (secondary N) is 1. The molecule has 13 heteroatoms. The fraction of sp³-hybridized carbons (Fsp3) is 0.545. The van der Waals surface area contributed by atoms with E-state index in [1.807, 2.05) is 0 Å². The topological polar surface area (TPSA) is 194 Å². The molecule has 0 spiro atoms. The first-order chi connectivity index (χ1) is 10.9. The number of ether oxygens (including phenoxy) is 1. The van der Waals surface area contributed by atoms with Crippen LogP contribution in [-0.2, 0) is 19.6 Å². The van der Waals surface area contributed by atoms with Crippen molar-refractivity contribution in [1.29, 1.82) is 0 Å². The van der Waals surface area contributed by atoms with Crippen molar-refractivity contribution in [3.8, 4) is 0 Å². The molecule has 1 aliphatic rings. The minimum Gasteiger partial charge on any atom is -0.385 e. The zero-order chi connectivity index (χ0) is 18.1. The van der Waals surface area contributed by atoms with Crippen LogP contribution in [0.5, 0.6) is 0 Å². The lowest BCUT2D eigenvalue weighted by atomic mass is 9.99. The molecule has 0 aromatic carbocycles. The van der Waals surface area contributed by atoms with Crippen LogP contribution in [0.1, 0.15) is 6.92 Å². The third-order valence-corrected chi connectivity index (χ3v) is 5.72. The Kier molecular flexibility index (Phi) is 3.31. The van der Waals surface area contributed by atoms with Crippen molar-refractivity contribution < 1.29 is 28.5 Å². The molecule has 0 amide bonds. The monoisotopic (exact) mass is 361 g/mol. The van der Waals surface area contributed by atoms with Gasteiger partial charge in [0, 0.05) is 6.26 Å². The second-order valence-electron chi connectivity index (χ2n) is 5.69. The van der Waals surface area contributed by atoms with E-state index in [1.165, 1.54) is 0 Å². The van der Waals surface area contributed by atoms with Crippen LogP contribution in [0.3, 0.4) is 0 Å². The van der Waals surface area contributed by atoms with Crippen LogP contribution in [0.2, 0.25) is 0 Å². The van der Waals surface area contributed by atoms with E-state index in [0.29, 0.717) is 0 Å². The quantitative estimate of drug-likeness (QED) is 0.364. The van der Waals surface area contributed by atoms with E-state index in [4.69, 9.17) is 10.5 Å². The Bertz CT molecular complexity index is 980. The smallest absolute Gasteiger partial charge is 0.285 e. The number of sulfone groups is 1. The molecule has 3 rings (SSSR count). The summed E-state index contributed by atoms with van der Waals surface area (Å²) in [6.45, 7) is 0.970. The number of fused-ring (bicyclic) bond motifs is 1. The van der Waals surface area contributed by atoms with E-state index >= 15 is 0 Å². The maximum Gasteiger partial charge on any atom is 0.285 e. The van der Waals surface area contributed by atoms with Gasteiger partial charge in [-0.25, -0.2) is 13.4 Å². The standard InChI is InChI=1S/C11H15N5O7S/c1-10(20)5(17)8(19)23-11(10,24(2,21)22)16-3-13-4-6(16)14-9(12)15-7(4)18/h3,5,8,17,19-20H,1-2H3,(H3,12,14,15,18)/t5-,8+,10+,11+/m0/s1. The molecular weight excluding hydrogens is 346 g/mol. The van der Waals surface area contributed by atoms with Crippen molar-refractivity contribution >= 4 is 26.9 Å². The number of nitrogen functional groups attached to an aromatic ring is 1. The molecule has 2 aromatic rings. The summed E-state index contributed by atoms with van der Waals surface area (Å²) < 4.78 is 30.8. The second kappa shape index (κ2) is 4.73. The molecule has 1 aliphatic heterocycles. The lowest BCUT2D eigenvalue weighted by Gasteiger charge is -2.37. The van der Waals surface area contributed by atoms with Crippen LogP contribution >= 0.6 is 0 Å². The van der Waals surface area contributed by atoms with Crippen LogP contribution in [0.25, 0.3) is 11.2 Å². The largest absolute Gasteiger partial charge is 0.385 e.